The van der Waals surface area contributed by atoms with E-state index >= 15 is 0 Å². The summed E-state index contributed by atoms with van der Waals surface area (Å²) in [6.45, 7) is 7.72. The van der Waals surface area contributed by atoms with E-state index in [0.29, 0.717) is 18.0 Å². The number of nitrogen functional groups attached to an aromatic ring is 1. The largest absolute Gasteiger partial charge is 0.369 e. The van der Waals surface area contributed by atoms with Crippen LogP contribution in [0.4, 0.5) is 11.6 Å². The van der Waals surface area contributed by atoms with Gasteiger partial charge in [0.1, 0.15) is 0 Å². The molecule has 8 nitrogen and oxygen atoms in total. The molecule has 8 heteroatoms. The van der Waals surface area contributed by atoms with Crippen molar-refractivity contribution in [2.45, 2.75) is 19.0 Å². The van der Waals surface area contributed by atoms with Gasteiger partial charge in [0, 0.05) is 50.4 Å². The molecule has 2 aliphatic heterocycles. The summed E-state index contributed by atoms with van der Waals surface area (Å²) < 4.78 is 0. The lowest BCUT2D eigenvalue weighted by atomic mass is 10.0. The van der Waals surface area contributed by atoms with Crippen LogP contribution in [-0.4, -0.2) is 69.6 Å². The van der Waals surface area contributed by atoms with Crippen molar-refractivity contribution in [3.8, 4) is 11.3 Å². The number of anilines is 2. The number of aromatic nitrogens is 4. The molecule has 4 N–H and O–H groups in total. The molecule has 0 aliphatic carbocycles. The lowest BCUT2D eigenvalue weighted by Crippen LogP contribution is -2.64. The van der Waals surface area contributed by atoms with Crippen molar-refractivity contribution in [2.24, 2.45) is 0 Å². The van der Waals surface area contributed by atoms with E-state index in [2.05, 4.69) is 43.1 Å². The Morgan fingerprint density at radius 3 is 2.74 bits per heavy atom. The van der Waals surface area contributed by atoms with Crippen LogP contribution in [0.1, 0.15) is 6.92 Å². The van der Waals surface area contributed by atoms with Crippen molar-refractivity contribution in [1.29, 1.82) is 0 Å². The average Bonchev–Trinajstić information content (AvgIpc) is 3.11. The van der Waals surface area contributed by atoms with E-state index in [1.165, 1.54) is 0 Å². The number of H-pyrrole nitrogens is 1. The number of nitrogens with one attached hydrogen (secondary N) is 2. The van der Waals surface area contributed by atoms with E-state index in [1.807, 2.05) is 36.5 Å². The van der Waals surface area contributed by atoms with Gasteiger partial charge in [-0.15, -0.1) is 0 Å². The van der Waals surface area contributed by atoms with Gasteiger partial charge in [0.15, 0.2) is 5.95 Å². The first-order valence-electron chi connectivity index (χ1n) is 10.9. The molecule has 0 saturated carbocycles. The predicted octanol–water partition coefficient (Wildman–Crippen LogP) is 2.24. The number of rotatable bonds is 3. The van der Waals surface area contributed by atoms with Crippen molar-refractivity contribution in [3.05, 3.63) is 42.6 Å². The van der Waals surface area contributed by atoms with E-state index in [9.17, 15) is 0 Å². The molecule has 2 aliphatic rings. The second-order valence-corrected chi connectivity index (χ2v) is 8.69. The molecule has 6 rings (SSSR count). The SMILES string of the molecule is C[C@H]1CN(C2CN(c3cnc4ccc(-c5ccc6nc(N)[nH]c6c5)nc4c3)C2)CCN1. The molecule has 0 radical (unpaired) electrons. The topological polar surface area (TPSA) is 99.0 Å². The number of fused-ring (bicyclic) bond motifs is 2. The molecule has 31 heavy (non-hydrogen) atoms. The molecule has 5 heterocycles. The number of hydrogen-bond acceptors (Lipinski definition) is 7. The number of pyridine rings is 2. The van der Waals surface area contributed by atoms with Gasteiger partial charge in [0.25, 0.3) is 0 Å². The Morgan fingerprint density at radius 2 is 1.87 bits per heavy atom. The van der Waals surface area contributed by atoms with Crippen molar-refractivity contribution in [1.82, 2.24) is 30.2 Å². The maximum atomic E-state index is 5.78. The minimum absolute atomic E-state index is 0.426. The fourth-order valence-electron chi connectivity index (χ4n) is 4.71. The highest BCUT2D eigenvalue weighted by Crippen LogP contribution is 2.28. The van der Waals surface area contributed by atoms with Gasteiger partial charge in [0.2, 0.25) is 0 Å². The monoisotopic (exact) mass is 414 g/mol. The summed E-state index contributed by atoms with van der Waals surface area (Å²) in [4.78, 5) is 21.9. The quantitative estimate of drug-likeness (QED) is 0.473. The lowest BCUT2D eigenvalue weighted by molar-refractivity contribution is 0.127. The molecule has 0 unspecified atom stereocenters. The molecule has 2 fully saturated rings. The van der Waals surface area contributed by atoms with E-state index in [1.54, 1.807) is 0 Å². The van der Waals surface area contributed by atoms with Gasteiger partial charge in [-0.2, -0.15) is 0 Å². The summed E-state index contributed by atoms with van der Waals surface area (Å²) in [6.07, 6.45) is 1.97. The van der Waals surface area contributed by atoms with Crippen LogP contribution in [-0.2, 0) is 0 Å². The number of aromatic amines is 1. The summed E-state index contributed by atoms with van der Waals surface area (Å²) in [5.74, 6) is 0.426. The highest BCUT2D eigenvalue weighted by molar-refractivity contribution is 5.85. The average molecular weight is 415 g/mol. The highest BCUT2D eigenvalue weighted by Gasteiger charge is 2.33. The molecule has 0 spiro atoms. The van der Waals surface area contributed by atoms with Crippen LogP contribution in [0.5, 0.6) is 0 Å². The van der Waals surface area contributed by atoms with Crippen LogP contribution >= 0.6 is 0 Å². The van der Waals surface area contributed by atoms with Crippen molar-refractivity contribution in [2.75, 3.05) is 43.4 Å². The minimum Gasteiger partial charge on any atom is -0.369 e. The second-order valence-electron chi connectivity index (χ2n) is 8.69. The summed E-state index contributed by atoms with van der Waals surface area (Å²) >= 11 is 0. The fraction of sp³-hybridized carbons (Fsp3) is 0.348. The number of imidazole rings is 1. The summed E-state index contributed by atoms with van der Waals surface area (Å²) in [7, 11) is 0. The molecular formula is C23H26N8. The number of piperazine rings is 1. The maximum Gasteiger partial charge on any atom is 0.198 e. The van der Waals surface area contributed by atoms with E-state index in [4.69, 9.17) is 10.7 Å². The zero-order valence-electron chi connectivity index (χ0n) is 17.5. The molecule has 0 bridgehead atoms. The second kappa shape index (κ2) is 7.18. The molecule has 1 atom stereocenters. The Labute approximate surface area is 180 Å². The summed E-state index contributed by atoms with van der Waals surface area (Å²) in [5.41, 5.74) is 12.5. The standard InChI is InChI=1S/C23H26N8/c1-14-11-30(7-6-25-14)17-12-31(13-17)16-9-22-19(26-10-16)5-4-18(27-22)15-2-3-20-21(8-15)29-23(24)28-20/h2-5,8-10,14,17,25H,6-7,11-13H2,1H3,(H3,24,28,29)/t14-/m0/s1. The molecule has 1 aromatic carbocycles. The summed E-state index contributed by atoms with van der Waals surface area (Å²) in [5, 5.41) is 3.52. The number of nitrogens with zero attached hydrogens (tertiary/aromatic N) is 5. The van der Waals surface area contributed by atoms with Crippen LogP contribution in [0.2, 0.25) is 0 Å². The Morgan fingerprint density at radius 1 is 1.00 bits per heavy atom. The maximum absolute atomic E-state index is 5.78. The van der Waals surface area contributed by atoms with Gasteiger partial charge in [-0.1, -0.05) is 6.07 Å². The zero-order valence-corrected chi connectivity index (χ0v) is 17.5. The van der Waals surface area contributed by atoms with Crippen LogP contribution in [0.3, 0.4) is 0 Å². The first-order valence-corrected chi connectivity index (χ1v) is 10.9. The number of benzene rings is 1. The normalized spacial score (nSPS) is 20.4. The molecular weight excluding hydrogens is 388 g/mol. The molecule has 0 amide bonds. The molecule has 4 aromatic rings. The Hall–Kier alpha value is -3.23. The predicted molar refractivity (Wildman–Crippen MR) is 124 cm³/mol. The van der Waals surface area contributed by atoms with E-state index in [-0.39, 0.29) is 0 Å². The molecule has 2 saturated heterocycles. The first-order chi connectivity index (χ1) is 15.1. The van der Waals surface area contributed by atoms with Gasteiger partial charge in [-0.05, 0) is 37.3 Å². The van der Waals surface area contributed by atoms with Crippen molar-refractivity contribution >= 4 is 33.7 Å². The van der Waals surface area contributed by atoms with Crippen LogP contribution in [0.15, 0.2) is 42.6 Å². The molecule has 3 aromatic heterocycles. The number of nitrogens with two attached hydrogens (primary N) is 1. The van der Waals surface area contributed by atoms with Gasteiger partial charge >= 0.3 is 0 Å². The molecule has 158 valence electrons. The lowest BCUT2D eigenvalue weighted by Gasteiger charge is -2.48. The zero-order chi connectivity index (χ0) is 20.9. The first kappa shape index (κ1) is 18.5. The summed E-state index contributed by atoms with van der Waals surface area (Å²) in [6, 6.07) is 13.5. The van der Waals surface area contributed by atoms with Gasteiger partial charge < -0.3 is 20.9 Å². The minimum atomic E-state index is 0.426. The van der Waals surface area contributed by atoms with Gasteiger partial charge in [-0.25, -0.2) is 9.97 Å². The third-order valence-corrected chi connectivity index (χ3v) is 6.46. The van der Waals surface area contributed by atoms with Crippen LogP contribution < -0.4 is 16.0 Å². The third kappa shape index (κ3) is 3.37. The Bertz CT molecular complexity index is 1260. The Balaban J connectivity index is 1.24. The Kier molecular flexibility index (Phi) is 4.29. The smallest absolute Gasteiger partial charge is 0.198 e. The van der Waals surface area contributed by atoms with Crippen molar-refractivity contribution in [3.63, 3.8) is 0 Å². The highest BCUT2D eigenvalue weighted by atomic mass is 15.3. The fourth-order valence-corrected chi connectivity index (χ4v) is 4.71. The van der Waals surface area contributed by atoms with Crippen LogP contribution in [0.25, 0.3) is 33.3 Å². The number of hydrogen-bond donors (Lipinski definition) is 3. The van der Waals surface area contributed by atoms with E-state index < -0.39 is 0 Å². The van der Waals surface area contributed by atoms with Crippen LogP contribution in [0, 0.1) is 0 Å². The third-order valence-electron chi connectivity index (χ3n) is 6.46. The van der Waals surface area contributed by atoms with Crippen molar-refractivity contribution < 1.29 is 0 Å². The van der Waals surface area contributed by atoms with Gasteiger partial charge in [0.05, 0.1) is 39.6 Å². The van der Waals surface area contributed by atoms with Gasteiger partial charge in [-0.3, -0.25) is 9.88 Å². The van der Waals surface area contributed by atoms with E-state index in [0.717, 1.165) is 71.7 Å².